The summed E-state index contributed by atoms with van der Waals surface area (Å²) >= 11 is 1.53. The summed E-state index contributed by atoms with van der Waals surface area (Å²) in [6.45, 7) is 2.28. The molecule has 10 heteroatoms. The standard InChI is InChI=1S/C24H27N7O2S/c1-29-20-19(21(32)28-24(29)33)31(14-15-34-22-25-10-5-11-26-22)23(27-20)30-12-8-18(9-13-30)16-17-6-3-2-4-7-17/h2-7,10-11,18H,8-9,12-16H2,1H3,(H,28,32,33). The van der Waals surface area contributed by atoms with Gasteiger partial charge in [-0.15, -0.1) is 0 Å². The fourth-order valence-electron chi connectivity index (χ4n) is 4.55. The Hall–Kier alpha value is -3.40. The van der Waals surface area contributed by atoms with E-state index in [0.717, 1.165) is 38.3 Å². The van der Waals surface area contributed by atoms with Gasteiger partial charge in [0.2, 0.25) is 5.95 Å². The van der Waals surface area contributed by atoms with Crippen LogP contribution >= 0.6 is 11.8 Å². The number of nitrogens with zero attached hydrogens (tertiary/aromatic N) is 6. The van der Waals surface area contributed by atoms with Crippen molar-refractivity contribution < 1.29 is 0 Å². The molecular weight excluding hydrogens is 450 g/mol. The number of thioether (sulfide) groups is 1. The van der Waals surface area contributed by atoms with Crippen molar-refractivity contribution in [2.75, 3.05) is 23.7 Å². The van der Waals surface area contributed by atoms with Crippen LogP contribution in [0.15, 0.2) is 63.5 Å². The Morgan fingerprint density at radius 2 is 1.79 bits per heavy atom. The van der Waals surface area contributed by atoms with Gasteiger partial charge < -0.3 is 9.47 Å². The average Bonchev–Trinajstić information content (AvgIpc) is 3.25. The molecule has 1 saturated heterocycles. The fourth-order valence-corrected chi connectivity index (χ4v) is 5.28. The first-order chi connectivity index (χ1) is 16.6. The first kappa shape index (κ1) is 22.4. The second-order valence-corrected chi connectivity index (χ2v) is 9.62. The smallest absolute Gasteiger partial charge is 0.329 e. The number of imidazole rings is 1. The van der Waals surface area contributed by atoms with Crippen molar-refractivity contribution in [2.45, 2.75) is 31.0 Å². The van der Waals surface area contributed by atoms with Crippen LogP contribution in [0.5, 0.6) is 0 Å². The molecule has 4 aromatic rings. The van der Waals surface area contributed by atoms with Crippen molar-refractivity contribution in [1.82, 2.24) is 29.1 Å². The molecule has 0 atom stereocenters. The number of nitrogens with one attached hydrogen (secondary N) is 1. The third-order valence-electron chi connectivity index (χ3n) is 6.34. The van der Waals surface area contributed by atoms with E-state index in [9.17, 15) is 9.59 Å². The van der Waals surface area contributed by atoms with Crippen molar-refractivity contribution in [1.29, 1.82) is 0 Å². The van der Waals surface area contributed by atoms with Crippen molar-refractivity contribution in [3.8, 4) is 0 Å². The molecule has 0 spiro atoms. The van der Waals surface area contributed by atoms with Crippen molar-refractivity contribution in [3.05, 3.63) is 75.2 Å². The highest BCUT2D eigenvalue weighted by atomic mass is 32.2. The summed E-state index contributed by atoms with van der Waals surface area (Å²) in [6, 6.07) is 12.4. The predicted octanol–water partition coefficient (Wildman–Crippen LogP) is 2.46. The summed E-state index contributed by atoms with van der Waals surface area (Å²) < 4.78 is 3.35. The molecule has 0 saturated carbocycles. The van der Waals surface area contributed by atoms with E-state index in [1.165, 1.54) is 21.9 Å². The van der Waals surface area contributed by atoms with Gasteiger partial charge in [0.15, 0.2) is 16.3 Å². The average molecular weight is 478 g/mol. The van der Waals surface area contributed by atoms with Crippen molar-refractivity contribution in [3.63, 3.8) is 0 Å². The molecule has 1 aliphatic heterocycles. The molecule has 9 nitrogen and oxygen atoms in total. The number of anilines is 1. The van der Waals surface area contributed by atoms with Crippen molar-refractivity contribution in [2.24, 2.45) is 13.0 Å². The molecule has 3 aromatic heterocycles. The van der Waals surface area contributed by atoms with Gasteiger partial charge >= 0.3 is 5.69 Å². The lowest BCUT2D eigenvalue weighted by Gasteiger charge is -2.33. The second-order valence-electron chi connectivity index (χ2n) is 8.55. The number of hydrogen-bond donors (Lipinski definition) is 1. The SMILES string of the molecule is Cn1c(=O)[nH]c(=O)c2c1nc(N1CCC(Cc3ccccc3)CC1)n2CCSc1ncccn1. The van der Waals surface area contributed by atoms with Crippen LogP contribution in [-0.4, -0.2) is 47.9 Å². The van der Waals surface area contributed by atoms with E-state index in [1.54, 1.807) is 25.5 Å². The number of benzene rings is 1. The zero-order valence-electron chi connectivity index (χ0n) is 19.1. The van der Waals surface area contributed by atoms with Crippen LogP contribution in [-0.2, 0) is 20.0 Å². The molecule has 4 heterocycles. The largest absolute Gasteiger partial charge is 0.342 e. The number of aryl methyl sites for hydroxylation is 2. The lowest BCUT2D eigenvalue weighted by Crippen LogP contribution is -2.36. The van der Waals surface area contributed by atoms with Gasteiger partial charge in [0, 0.05) is 44.8 Å². The minimum absolute atomic E-state index is 0.406. The number of hydrogen-bond acceptors (Lipinski definition) is 7. The summed E-state index contributed by atoms with van der Waals surface area (Å²) in [6.07, 6.45) is 6.62. The number of aromatic nitrogens is 6. The van der Waals surface area contributed by atoms with Gasteiger partial charge in [0.05, 0.1) is 0 Å². The van der Waals surface area contributed by atoms with Gasteiger partial charge in [-0.05, 0) is 36.8 Å². The number of H-pyrrole nitrogens is 1. The predicted molar refractivity (Wildman–Crippen MR) is 133 cm³/mol. The number of fused-ring (bicyclic) bond motifs is 1. The summed E-state index contributed by atoms with van der Waals surface area (Å²) in [7, 11) is 1.64. The molecule has 0 bridgehead atoms. The molecule has 1 N–H and O–H groups in total. The van der Waals surface area contributed by atoms with Gasteiger partial charge in [0.25, 0.3) is 5.56 Å². The van der Waals surface area contributed by atoms with Gasteiger partial charge in [-0.2, -0.15) is 4.98 Å². The minimum atomic E-state index is -0.456. The van der Waals surface area contributed by atoms with Gasteiger partial charge in [-0.25, -0.2) is 14.8 Å². The van der Waals surface area contributed by atoms with Crippen LogP contribution < -0.4 is 16.1 Å². The lowest BCUT2D eigenvalue weighted by molar-refractivity contribution is 0.398. The van der Waals surface area contributed by atoms with E-state index < -0.39 is 11.2 Å². The first-order valence-electron chi connectivity index (χ1n) is 11.5. The van der Waals surface area contributed by atoms with E-state index in [0.29, 0.717) is 34.5 Å². The zero-order chi connectivity index (χ0) is 23.5. The summed E-state index contributed by atoms with van der Waals surface area (Å²) in [4.78, 5) is 42.9. The maximum Gasteiger partial charge on any atom is 0.329 e. The van der Waals surface area contributed by atoms with E-state index in [4.69, 9.17) is 4.98 Å². The highest BCUT2D eigenvalue weighted by Crippen LogP contribution is 2.27. The molecule has 34 heavy (non-hydrogen) atoms. The molecule has 0 radical (unpaired) electrons. The maximum absolute atomic E-state index is 12.8. The van der Waals surface area contributed by atoms with Gasteiger partial charge in [-0.1, -0.05) is 42.1 Å². The molecule has 1 aromatic carbocycles. The van der Waals surface area contributed by atoms with Crippen LogP contribution in [0.4, 0.5) is 5.95 Å². The normalized spacial score (nSPS) is 14.7. The third kappa shape index (κ3) is 4.63. The Labute approximate surface area is 200 Å². The topological polar surface area (TPSA) is 102 Å². The Bertz CT molecular complexity index is 1370. The summed E-state index contributed by atoms with van der Waals surface area (Å²) in [5.41, 5.74) is 1.35. The molecule has 0 unspecified atom stereocenters. The lowest BCUT2D eigenvalue weighted by atomic mass is 9.90. The van der Waals surface area contributed by atoms with Gasteiger partial charge in [0.1, 0.15) is 0 Å². The molecule has 176 valence electrons. The highest BCUT2D eigenvalue weighted by molar-refractivity contribution is 7.99. The molecule has 0 aliphatic carbocycles. The van der Waals surface area contributed by atoms with E-state index in [-0.39, 0.29) is 0 Å². The molecule has 5 rings (SSSR count). The highest BCUT2D eigenvalue weighted by Gasteiger charge is 2.26. The van der Waals surface area contributed by atoms with Crippen LogP contribution in [0.3, 0.4) is 0 Å². The zero-order valence-corrected chi connectivity index (χ0v) is 19.9. The van der Waals surface area contributed by atoms with E-state index in [2.05, 4.69) is 44.1 Å². The Morgan fingerprint density at radius 3 is 2.53 bits per heavy atom. The van der Waals surface area contributed by atoms with Crippen LogP contribution in [0, 0.1) is 5.92 Å². The van der Waals surface area contributed by atoms with E-state index >= 15 is 0 Å². The Balaban J connectivity index is 1.39. The van der Waals surface area contributed by atoms with E-state index in [1.807, 2.05) is 10.6 Å². The molecule has 1 aliphatic rings. The third-order valence-corrected chi connectivity index (χ3v) is 7.20. The summed E-state index contributed by atoms with van der Waals surface area (Å²) in [5.74, 6) is 2.04. The summed E-state index contributed by atoms with van der Waals surface area (Å²) in [5, 5.41) is 0.691. The van der Waals surface area contributed by atoms with Crippen LogP contribution in [0.25, 0.3) is 11.2 Å². The second kappa shape index (κ2) is 9.84. The molecule has 1 fully saturated rings. The van der Waals surface area contributed by atoms with Crippen LogP contribution in [0.1, 0.15) is 18.4 Å². The number of rotatable bonds is 7. The molecular formula is C24H27N7O2S. The Kier molecular flexibility index (Phi) is 6.48. The number of piperidine rings is 1. The first-order valence-corrected chi connectivity index (χ1v) is 12.5. The molecule has 0 amide bonds. The maximum atomic E-state index is 12.8. The Morgan fingerprint density at radius 1 is 1.06 bits per heavy atom. The van der Waals surface area contributed by atoms with Gasteiger partial charge in [-0.3, -0.25) is 14.3 Å². The van der Waals surface area contributed by atoms with Crippen molar-refractivity contribution >= 4 is 28.9 Å². The van der Waals surface area contributed by atoms with Crippen LogP contribution in [0.2, 0.25) is 0 Å². The monoisotopic (exact) mass is 477 g/mol. The minimum Gasteiger partial charge on any atom is -0.342 e. The quantitative estimate of drug-likeness (QED) is 0.322. The number of aromatic amines is 1. The fraction of sp³-hybridized carbons (Fsp3) is 0.375.